The Labute approximate surface area is 125 Å². The molecule has 3 rings (SSSR count). The smallest absolute Gasteiger partial charge is 0.253 e. The number of aromatic nitrogens is 2. The molecular weight excluding hydrogens is 289 g/mol. The fourth-order valence-electron chi connectivity index (χ4n) is 2.34. The van der Waals surface area contributed by atoms with E-state index < -0.39 is 0 Å². The van der Waals surface area contributed by atoms with Crippen molar-refractivity contribution in [1.82, 2.24) is 15.3 Å². The molecule has 0 aliphatic heterocycles. The molecular formula is C15H14FN3OS. The molecule has 0 fully saturated rings. The maximum absolute atomic E-state index is 13.4. The van der Waals surface area contributed by atoms with E-state index in [-0.39, 0.29) is 11.7 Å². The van der Waals surface area contributed by atoms with Crippen molar-refractivity contribution in [3.63, 3.8) is 0 Å². The van der Waals surface area contributed by atoms with Crippen LogP contribution in [0.25, 0.3) is 10.9 Å². The van der Waals surface area contributed by atoms with Crippen molar-refractivity contribution >= 4 is 28.1 Å². The lowest BCUT2D eigenvalue weighted by Crippen LogP contribution is -2.26. The van der Waals surface area contributed by atoms with Crippen LogP contribution in [0, 0.1) is 12.7 Å². The Bertz CT molecular complexity index is 780. The van der Waals surface area contributed by atoms with Gasteiger partial charge in [-0.2, -0.15) is 0 Å². The molecule has 0 aliphatic carbocycles. The first kappa shape index (κ1) is 13.8. The summed E-state index contributed by atoms with van der Waals surface area (Å²) >= 11 is 1.53. The number of nitrogens with one attached hydrogen (secondary N) is 2. The van der Waals surface area contributed by atoms with Gasteiger partial charge in [-0.15, -0.1) is 11.3 Å². The summed E-state index contributed by atoms with van der Waals surface area (Å²) in [5.74, 6) is -0.544. The van der Waals surface area contributed by atoms with Gasteiger partial charge in [-0.25, -0.2) is 9.37 Å². The highest BCUT2D eigenvalue weighted by molar-refractivity contribution is 7.07. The third kappa shape index (κ3) is 2.80. The topological polar surface area (TPSA) is 57.8 Å². The van der Waals surface area contributed by atoms with Crippen LogP contribution in [0.5, 0.6) is 0 Å². The number of carbonyl (C=O) groups excluding carboxylic acids is 1. The van der Waals surface area contributed by atoms with Crippen molar-refractivity contribution in [3.05, 3.63) is 51.9 Å². The number of H-pyrrole nitrogens is 1. The van der Waals surface area contributed by atoms with E-state index >= 15 is 0 Å². The van der Waals surface area contributed by atoms with Crippen molar-refractivity contribution in [2.45, 2.75) is 13.3 Å². The molecule has 1 aromatic carbocycles. The molecule has 0 unspecified atom stereocenters. The highest BCUT2D eigenvalue weighted by Crippen LogP contribution is 2.22. The number of amides is 1. The Morgan fingerprint density at radius 1 is 1.48 bits per heavy atom. The Morgan fingerprint density at radius 2 is 2.33 bits per heavy atom. The normalized spacial score (nSPS) is 11.0. The summed E-state index contributed by atoms with van der Waals surface area (Å²) in [7, 11) is 0. The molecule has 3 aromatic rings. The number of hydrogen-bond acceptors (Lipinski definition) is 3. The number of fused-ring (bicyclic) bond motifs is 1. The Hall–Kier alpha value is -2.21. The second-order valence-corrected chi connectivity index (χ2v) is 5.52. The standard InChI is InChI=1S/C15H14FN3OS/c1-9-14(12-6-10(16)2-3-13(12)19-9)15(20)17-5-4-11-7-21-8-18-11/h2-3,6-8,19H,4-5H2,1H3,(H,17,20). The van der Waals surface area contributed by atoms with Gasteiger partial charge in [0.1, 0.15) is 5.82 Å². The van der Waals surface area contributed by atoms with E-state index in [2.05, 4.69) is 15.3 Å². The van der Waals surface area contributed by atoms with Crippen LogP contribution >= 0.6 is 11.3 Å². The zero-order chi connectivity index (χ0) is 14.8. The summed E-state index contributed by atoms with van der Waals surface area (Å²) in [6.45, 7) is 2.32. The second kappa shape index (κ2) is 5.65. The minimum atomic E-state index is -0.349. The quantitative estimate of drug-likeness (QED) is 0.778. The highest BCUT2D eigenvalue weighted by atomic mass is 32.1. The zero-order valence-electron chi connectivity index (χ0n) is 11.4. The molecule has 0 aliphatic rings. The van der Waals surface area contributed by atoms with Gasteiger partial charge in [0.2, 0.25) is 0 Å². The number of aromatic amines is 1. The van der Waals surface area contributed by atoms with E-state index in [9.17, 15) is 9.18 Å². The van der Waals surface area contributed by atoms with Crippen LogP contribution in [0.4, 0.5) is 4.39 Å². The summed E-state index contributed by atoms with van der Waals surface area (Å²) in [5.41, 5.74) is 4.73. The summed E-state index contributed by atoms with van der Waals surface area (Å²) < 4.78 is 13.4. The lowest BCUT2D eigenvalue weighted by molar-refractivity contribution is 0.0955. The van der Waals surface area contributed by atoms with Crippen molar-refractivity contribution in [2.75, 3.05) is 6.54 Å². The molecule has 0 bridgehead atoms. The molecule has 6 heteroatoms. The lowest BCUT2D eigenvalue weighted by Gasteiger charge is -2.04. The maximum Gasteiger partial charge on any atom is 0.253 e. The van der Waals surface area contributed by atoms with E-state index in [4.69, 9.17) is 0 Å². The van der Waals surface area contributed by atoms with E-state index in [1.54, 1.807) is 11.6 Å². The fraction of sp³-hybridized carbons (Fsp3) is 0.200. The van der Waals surface area contributed by atoms with Crippen LogP contribution in [0.3, 0.4) is 0 Å². The molecule has 2 N–H and O–H groups in total. The number of aryl methyl sites for hydroxylation is 1. The minimum absolute atomic E-state index is 0.195. The van der Waals surface area contributed by atoms with Crippen LogP contribution < -0.4 is 5.32 Å². The van der Waals surface area contributed by atoms with Gasteiger partial charge in [0.15, 0.2) is 0 Å². The molecule has 2 heterocycles. The number of carbonyl (C=O) groups is 1. The molecule has 0 atom stereocenters. The van der Waals surface area contributed by atoms with Crippen molar-refractivity contribution in [3.8, 4) is 0 Å². The van der Waals surface area contributed by atoms with Gasteiger partial charge in [-0.05, 0) is 25.1 Å². The van der Waals surface area contributed by atoms with Crippen molar-refractivity contribution in [1.29, 1.82) is 0 Å². The van der Waals surface area contributed by atoms with Crippen molar-refractivity contribution in [2.24, 2.45) is 0 Å². The number of thiazole rings is 1. The summed E-state index contributed by atoms with van der Waals surface area (Å²) in [5, 5.41) is 5.43. The molecule has 2 aromatic heterocycles. The van der Waals surface area contributed by atoms with Gasteiger partial charge in [0.05, 0.1) is 16.8 Å². The fourth-order valence-corrected chi connectivity index (χ4v) is 2.94. The predicted octanol–water partition coefficient (Wildman–Crippen LogP) is 3.04. The third-order valence-electron chi connectivity index (χ3n) is 3.33. The first-order valence-electron chi connectivity index (χ1n) is 6.58. The van der Waals surface area contributed by atoms with Crippen LogP contribution in [0.1, 0.15) is 21.7 Å². The highest BCUT2D eigenvalue weighted by Gasteiger charge is 2.16. The molecule has 108 valence electrons. The molecule has 0 radical (unpaired) electrons. The van der Waals surface area contributed by atoms with Crippen LogP contribution in [-0.4, -0.2) is 22.4 Å². The van der Waals surface area contributed by atoms with E-state index in [1.807, 2.05) is 12.3 Å². The second-order valence-electron chi connectivity index (χ2n) is 4.80. The molecule has 1 amide bonds. The van der Waals surface area contributed by atoms with E-state index in [0.717, 1.165) is 16.9 Å². The number of benzene rings is 1. The predicted molar refractivity (Wildman–Crippen MR) is 81.1 cm³/mol. The molecule has 0 saturated carbocycles. The summed E-state index contributed by atoms with van der Waals surface area (Å²) in [4.78, 5) is 19.6. The molecule has 4 nitrogen and oxygen atoms in total. The Kier molecular flexibility index (Phi) is 3.70. The summed E-state index contributed by atoms with van der Waals surface area (Å²) in [6, 6.07) is 4.40. The molecule has 0 spiro atoms. The van der Waals surface area contributed by atoms with Crippen molar-refractivity contribution < 1.29 is 9.18 Å². The SMILES string of the molecule is Cc1[nH]c2ccc(F)cc2c1C(=O)NCCc1cscn1. The maximum atomic E-state index is 13.4. The minimum Gasteiger partial charge on any atom is -0.358 e. The van der Waals surface area contributed by atoms with Gasteiger partial charge in [-0.3, -0.25) is 4.79 Å². The number of rotatable bonds is 4. The zero-order valence-corrected chi connectivity index (χ0v) is 12.3. The van der Waals surface area contributed by atoms with Crippen LogP contribution in [-0.2, 0) is 6.42 Å². The van der Waals surface area contributed by atoms with E-state index in [1.165, 1.54) is 23.5 Å². The van der Waals surface area contributed by atoms with Gasteiger partial charge in [0.25, 0.3) is 5.91 Å². The third-order valence-corrected chi connectivity index (χ3v) is 3.96. The number of hydrogen-bond donors (Lipinski definition) is 2. The largest absolute Gasteiger partial charge is 0.358 e. The average Bonchev–Trinajstić information content (AvgIpc) is 3.05. The van der Waals surface area contributed by atoms with E-state index in [0.29, 0.717) is 23.9 Å². The van der Waals surface area contributed by atoms with Gasteiger partial charge >= 0.3 is 0 Å². The summed E-state index contributed by atoms with van der Waals surface area (Å²) in [6.07, 6.45) is 0.686. The molecule has 0 saturated heterocycles. The first-order chi connectivity index (χ1) is 10.1. The van der Waals surface area contributed by atoms with Crippen LogP contribution in [0.15, 0.2) is 29.1 Å². The number of nitrogens with zero attached hydrogens (tertiary/aromatic N) is 1. The molecule has 21 heavy (non-hydrogen) atoms. The van der Waals surface area contributed by atoms with Gasteiger partial charge in [-0.1, -0.05) is 0 Å². The van der Waals surface area contributed by atoms with Gasteiger partial charge < -0.3 is 10.3 Å². The average molecular weight is 303 g/mol. The lowest BCUT2D eigenvalue weighted by atomic mass is 10.1. The Morgan fingerprint density at radius 3 is 3.10 bits per heavy atom. The number of halogens is 1. The van der Waals surface area contributed by atoms with Crippen LogP contribution in [0.2, 0.25) is 0 Å². The monoisotopic (exact) mass is 303 g/mol. The Balaban J connectivity index is 1.77. The van der Waals surface area contributed by atoms with Gasteiger partial charge in [0, 0.05) is 34.9 Å². The first-order valence-corrected chi connectivity index (χ1v) is 7.52.